The number of aromatic nitrogens is 2. The number of alkyl halides is 5. The zero-order chi connectivity index (χ0) is 27.8. The van der Waals surface area contributed by atoms with Crippen LogP contribution in [0.3, 0.4) is 0 Å². The lowest BCUT2D eigenvalue weighted by atomic mass is 10.1. The van der Waals surface area contributed by atoms with Gasteiger partial charge in [-0.1, -0.05) is 28.0 Å². The summed E-state index contributed by atoms with van der Waals surface area (Å²) in [6, 6.07) is 2.22. The number of nitrogens with zero attached hydrogens (tertiary/aromatic N) is 5. The van der Waals surface area contributed by atoms with E-state index in [0.717, 1.165) is 24.5 Å². The Labute approximate surface area is 214 Å². The number of hydrogen-bond donors (Lipinski definition) is 0. The monoisotopic (exact) mass is 543 g/mol. The van der Waals surface area contributed by atoms with Crippen molar-refractivity contribution < 1.29 is 31.5 Å². The van der Waals surface area contributed by atoms with E-state index in [4.69, 9.17) is 4.74 Å². The number of hydrazone groups is 1. The minimum absolute atomic E-state index is 0.0460. The van der Waals surface area contributed by atoms with E-state index in [0.29, 0.717) is 6.42 Å². The highest BCUT2D eigenvalue weighted by Crippen LogP contribution is 2.34. The second-order valence-corrected chi connectivity index (χ2v) is 8.51. The number of carbonyl (C=O) groups is 1. The van der Waals surface area contributed by atoms with E-state index in [1.807, 2.05) is 6.92 Å². The molecule has 1 heterocycles. The smallest absolute Gasteiger partial charge is 0.416 e. The maximum atomic E-state index is 13.4. The highest BCUT2D eigenvalue weighted by molar-refractivity contribution is 7.17. The Hall–Kier alpha value is -3.32. The fourth-order valence-corrected chi connectivity index (χ4v) is 3.31. The van der Waals surface area contributed by atoms with E-state index in [2.05, 4.69) is 26.9 Å². The predicted molar refractivity (Wildman–Crippen MR) is 134 cm³/mol. The Bertz CT molecular complexity index is 1160. The van der Waals surface area contributed by atoms with Crippen LogP contribution >= 0.6 is 9.24 Å². The Morgan fingerprint density at radius 3 is 2.46 bits per heavy atom. The van der Waals surface area contributed by atoms with Gasteiger partial charge in [-0.15, -0.1) is 0 Å². The zero-order valence-electron chi connectivity index (χ0n) is 20.7. The van der Waals surface area contributed by atoms with E-state index in [-0.39, 0.29) is 30.3 Å². The average molecular weight is 543 g/mol. The minimum Gasteiger partial charge on any atom is -0.474 e. The van der Waals surface area contributed by atoms with Crippen molar-refractivity contribution in [2.24, 2.45) is 5.10 Å². The molecule has 0 fully saturated rings. The standard InChI is InChI=1S/C24H27F5N5O2P/c1-5-7-8-11-32-33(4)19-10-9-17(23(25,26)27)12-18(19)22(35)34(6-2)16(3)15-36-21-14-30-20(13-31-21)24(28,29)37/h9-14,16H,5-6,15,37H2,1-4H3/b32-11-. The number of ether oxygens (including phenoxy) is 1. The number of halogens is 5. The van der Waals surface area contributed by atoms with Crippen molar-refractivity contribution in [1.82, 2.24) is 14.9 Å². The van der Waals surface area contributed by atoms with Crippen LogP contribution in [0, 0.1) is 11.8 Å². The van der Waals surface area contributed by atoms with Crippen LogP contribution in [0.25, 0.3) is 0 Å². The maximum Gasteiger partial charge on any atom is 0.416 e. The van der Waals surface area contributed by atoms with Crippen molar-refractivity contribution in [2.45, 2.75) is 45.1 Å². The van der Waals surface area contributed by atoms with E-state index in [1.54, 1.807) is 13.8 Å². The molecular formula is C24H27F5N5O2P. The molecule has 0 saturated carbocycles. The van der Waals surface area contributed by atoms with Crippen molar-refractivity contribution in [3.63, 3.8) is 0 Å². The first kappa shape index (κ1) is 29.9. The number of rotatable bonds is 9. The zero-order valence-corrected chi connectivity index (χ0v) is 21.8. The van der Waals surface area contributed by atoms with Gasteiger partial charge >= 0.3 is 11.8 Å². The third kappa shape index (κ3) is 8.35. The fourth-order valence-electron chi connectivity index (χ4n) is 3.16. The summed E-state index contributed by atoms with van der Waals surface area (Å²) in [6.07, 6.45) is -0.871. The van der Waals surface area contributed by atoms with Crippen LogP contribution < -0.4 is 9.75 Å². The van der Waals surface area contributed by atoms with Gasteiger partial charge in [-0.05, 0) is 32.0 Å². The molecule has 0 aliphatic heterocycles. The van der Waals surface area contributed by atoms with Crippen LogP contribution in [0.15, 0.2) is 35.7 Å². The molecule has 0 bridgehead atoms. The van der Waals surface area contributed by atoms with Crippen molar-refractivity contribution >= 4 is 27.0 Å². The molecule has 0 spiro atoms. The van der Waals surface area contributed by atoms with E-state index < -0.39 is 35.0 Å². The van der Waals surface area contributed by atoms with Crippen LogP contribution in [-0.4, -0.2) is 53.2 Å². The van der Waals surface area contributed by atoms with Crippen LogP contribution in [0.5, 0.6) is 5.88 Å². The Morgan fingerprint density at radius 1 is 1.22 bits per heavy atom. The lowest BCUT2D eigenvalue weighted by Gasteiger charge is -2.29. The molecule has 2 atom stereocenters. The number of benzene rings is 1. The summed E-state index contributed by atoms with van der Waals surface area (Å²) in [7, 11) is 2.85. The van der Waals surface area contributed by atoms with E-state index in [1.165, 1.54) is 38.5 Å². The largest absolute Gasteiger partial charge is 0.474 e. The molecule has 1 amide bonds. The van der Waals surface area contributed by atoms with Crippen LogP contribution in [0.4, 0.5) is 27.6 Å². The molecule has 0 N–H and O–H groups in total. The predicted octanol–water partition coefficient (Wildman–Crippen LogP) is 5.18. The number of amides is 1. The molecule has 0 aliphatic rings. The number of hydrogen-bond acceptors (Lipinski definition) is 6. The van der Waals surface area contributed by atoms with Crippen LogP contribution in [0.2, 0.25) is 0 Å². The van der Waals surface area contributed by atoms with Gasteiger partial charge in [0.05, 0.1) is 41.5 Å². The van der Waals surface area contributed by atoms with Crippen LogP contribution in [0.1, 0.15) is 48.8 Å². The number of likely N-dealkylation sites (N-methyl/N-ethyl adjacent to an activating group) is 1. The first-order valence-electron chi connectivity index (χ1n) is 11.2. The molecule has 37 heavy (non-hydrogen) atoms. The molecule has 0 saturated heterocycles. The van der Waals surface area contributed by atoms with Gasteiger partial charge in [0.2, 0.25) is 5.88 Å². The van der Waals surface area contributed by atoms with Crippen molar-refractivity contribution in [2.75, 3.05) is 25.2 Å². The molecule has 1 aromatic carbocycles. The van der Waals surface area contributed by atoms with Gasteiger partial charge in [0, 0.05) is 20.0 Å². The van der Waals surface area contributed by atoms with Gasteiger partial charge < -0.3 is 9.64 Å². The lowest BCUT2D eigenvalue weighted by molar-refractivity contribution is -0.137. The van der Waals surface area contributed by atoms with Crippen LogP contribution in [-0.2, 0) is 11.8 Å². The summed E-state index contributed by atoms with van der Waals surface area (Å²) in [5, 5.41) is 5.35. The number of anilines is 1. The lowest BCUT2D eigenvalue weighted by Crippen LogP contribution is -2.42. The molecule has 2 rings (SSSR count). The van der Waals surface area contributed by atoms with E-state index >= 15 is 0 Å². The highest BCUT2D eigenvalue weighted by atomic mass is 31.0. The Kier molecular flexibility index (Phi) is 10.3. The minimum atomic E-state index is -4.66. The highest BCUT2D eigenvalue weighted by Gasteiger charge is 2.33. The van der Waals surface area contributed by atoms with Gasteiger partial charge in [-0.2, -0.15) is 27.1 Å². The fraction of sp³-hybridized carbons (Fsp3) is 0.417. The molecule has 7 nitrogen and oxygen atoms in total. The molecular weight excluding hydrogens is 516 g/mol. The van der Waals surface area contributed by atoms with Gasteiger partial charge in [-0.25, -0.2) is 9.97 Å². The van der Waals surface area contributed by atoms with Crippen molar-refractivity contribution in [3.8, 4) is 17.7 Å². The first-order chi connectivity index (χ1) is 17.3. The third-order valence-corrected chi connectivity index (χ3v) is 5.35. The maximum absolute atomic E-state index is 13.4. The molecule has 0 aliphatic carbocycles. The van der Waals surface area contributed by atoms with Crippen molar-refractivity contribution in [1.29, 1.82) is 0 Å². The summed E-state index contributed by atoms with van der Waals surface area (Å²) in [5.74, 6) is 4.76. The average Bonchev–Trinajstić information content (AvgIpc) is 2.84. The second-order valence-electron chi connectivity index (χ2n) is 7.79. The second kappa shape index (κ2) is 12.8. The normalized spacial score (nSPS) is 12.6. The first-order valence-corrected chi connectivity index (χ1v) is 11.8. The van der Waals surface area contributed by atoms with Gasteiger partial charge in [0.1, 0.15) is 12.3 Å². The van der Waals surface area contributed by atoms with Gasteiger partial charge in [0.25, 0.3) is 5.91 Å². The molecule has 13 heteroatoms. The molecule has 200 valence electrons. The summed E-state index contributed by atoms with van der Waals surface area (Å²) >= 11 is 0. The molecule has 2 aromatic rings. The van der Waals surface area contributed by atoms with E-state index in [9.17, 15) is 26.7 Å². The number of carbonyl (C=O) groups excluding carboxylic acids is 1. The van der Waals surface area contributed by atoms with Crippen molar-refractivity contribution in [3.05, 3.63) is 47.4 Å². The summed E-state index contributed by atoms with van der Waals surface area (Å²) in [4.78, 5) is 22.2. The quantitative estimate of drug-likeness (QED) is 0.143. The Morgan fingerprint density at radius 2 is 1.92 bits per heavy atom. The van der Waals surface area contributed by atoms with Gasteiger partial charge in [-0.3, -0.25) is 9.80 Å². The topological polar surface area (TPSA) is 70.9 Å². The summed E-state index contributed by atoms with van der Waals surface area (Å²) in [6.45, 7) is 5.19. The summed E-state index contributed by atoms with van der Waals surface area (Å²) in [5.41, 5.74) is -4.85. The third-order valence-electron chi connectivity index (χ3n) is 5.05. The molecule has 0 radical (unpaired) electrons. The Balaban J connectivity index is 2.30. The molecule has 2 unspecified atom stereocenters. The molecule has 1 aromatic heterocycles. The summed E-state index contributed by atoms with van der Waals surface area (Å²) < 4.78 is 72.4. The van der Waals surface area contributed by atoms with Gasteiger partial charge in [0.15, 0.2) is 0 Å². The SMILES string of the molecule is CCC#C/C=N\N(C)c1ccc(C(F)(F)F)cc1C(=O)N(CC)C(C)COc1cnc(C(F)(F)P)cn1.